The number of carbonyl (C=O) groups is 2. The van der Waals surface area contributed by atoms with E-state index in [0.717, 1.165) is 36.4 Å². The third-order valence-electron chi connectivity index (χ3n) is 10.4. The first-order chi connectivity index (χ1) is 35.9. The van der Waals surface area contributed by atoms with Crippen LogP contribution in [0.4, 0.5) is 29.2 Å². The molecule has 31 nitrogen and oxygen atoms in total. The highest BCUT2D eigenvalue weighted by atomic mass is 32.2. The third-order valence-corrected chi connectivity index (χ3v) is 15.8. The van der Waals surface area contributed by atoms with Crippen molar-refractivity contribution in [1.82, 2.24) is 29.9 Å². The number of hydrogen-bond donors (Lipinski definition) is 11. The zero-order chi connectivity index (χ0) is 57.9. The summed E-state index contributed by atoms with van der Waals surface area (Å²) in [6.45, 7) is 0.998. The van der Waals surface area contributed by atoms with Crippen molar-refractivity contribution in [3.05, 3.63) is 113 Å². The molecule has 0 bridgehead atoms. The van der Waals surface area contributed by atoms with Crippen LogP contribution in [0.3, 0.4) is 0 Å². The molecule has 2 aromatic heterocycles. The molecule has 2 heterocycles. The maximum Gasteiger partial charge on any atom is 0.306 e. The molecule has 11 N–H and O–H groups in total. The number of benzene rings is 4. The number of anilines is 5. The first kappa shape index (κ1) is 59.7. The van der Waals surface area contributed by atoms with E-state index in [0.29, 0.717) is 36.4 Å². The maximum atomic E-state index is 12.8. The Kier molecular flexibility index (Phi) is 17.4. The molecule has 0 radical (unpaired) electrons. The first-order valence-corrected chi connectivity index (χ1v) is 29.9. The highest BCUT2D eigenvalue weighted by molar-refractivity contribution is 7.87. The van der Waals surface area contributed by atoms with Crippen LogP contribution >= 0.6 is 0 Å². The van der Waals surface area contributed by atoms with Crippen LogP contribution in [0, 0.1) is 5.92 Å². The molecular formula is C41H39N9O22S6. The molecule has 0 amide bonds. The van der Waals surface area contributed by atoms with Crippen molar-refractivity contribution in [1.29, 1.82) is 0 Å². The number of aromatic nitrogens is 6. The number of carboxylic acid groups (broad SMARTS) is 2. The van der Waals surface area contributed by atoms with Gasteiger partial charge in [0, 0.05) is 31.5 Å². The number of aliphatic carboxylic acids is 2. The van der Waals surface area contributed by atoms with Crippen molar-refractivity contribution >= 4 is 114 Å². The Morgan fingerprint density at radius 1 is 0.513 bits per heavy atom. The smallest absolute Gasteiger partial charge is 0.306 e. The van der Waals surface area contributed by atoms with Gasteiger partial charge >= 0.3 is 11.9 Å². The number of hydrogen-bond acceptors (Lipinski definition) is 23. The number of carboxylic acids is 2. The molecule has 0 aliphatic heterocycles. The molecule has 6 aromatic rings. The Labute approximate surface area is 442 Å². The second-order valence-electron chi connectivity index (χ2n) is 16.2. The lowest BCUT2D eigenvalue weighted by Gasteiger charge is -2.13. The van der Waals surface area contributed by atoms with E-state index in [1.54, 1.807) is 0 Å². The summed E-state index contributed by atoms with van der Waals surface area (Å²) in [4.78, 5) is 42.6. The predicted molar refractivity (Wildman–Crippen MR) is 267 cm³/mol. The van der Waals surface area contributed by atoms with Gasteiger partial charge in [-0.3, -0.25) is 36.9 Å². The Morgan fingerprint density at radius 3 is 1.56 bits per heavy atom. The van der Waals surface area contributed by atoms with E-state index in [1.807, 2.05) is 0 Å². The fourth-order valence-corrected chi connectivity index (χ4v) is 10.7. The summed E-state index contributed by atoms with van der Waals surface area (Å²) in [7, 11) is -30.3. The molecular weight excluding hydrogens is 1160 g/mol. The molecule has 0 saturated heterocycles. The average molecular weight is 1200 g/mol. The van der Waals surface area contributed by atoms with Gasteiger partial charge in [-0.2, -0.15) is 75.4 Å². The van der Waals surface area contributed by atoms with Gasteiger partial charge in [-0.1, -0.05) is 37.3 Å². The van der Waals surface area contributed by atoms with E-state index in [2.05, 4.69) is 45.9 Å². The number of nitrogens with one attached hydrogen (secondary N) is 3. The second-order valence-corrected chi connectivity index (χ2v) is 24.6. The van der Waals surface area contributed by atoms with Gasteiger partial charge in [0.25, 0.3) is 60.7 Å². The summed E-state index contributed by atoms with van der Waals surface area (Å²) in [5.41, 5.74) is -1.87. The summed E-state index contributed by atoms with van der Waals surface area (Å²) in [6, 6.07) is 10.5. The minimum atomic E-state index is -5.17. The molecule has 6 rings (SSSR count). The third kappa shape index (κ3) is 16.0. The molecule has 37 heteroatoms. The van der Waals surface area contributed by atoms with E-state index in [9.17, 15) is 92.5 Å². The number of rotatable bonds is 23. The predicted octanol–water partition coefficient (Wildman–Crippen LogP) is 2.53. The van der Waals surface area contributed by atoms with Gasteiger partial charge in [0.05, 0.1) is 32.7 Å². The van der Waals surface area contributed by atoms with E-state index in [-0.39, 0.29) is 58.8 Å². The van der Waals surface area contributed by atoms with Crippen LogP contribution in [0.15, 0.2) is 102 Å². The summed E-state index contributed by atoms with van der Waals surface area (Å²) in [5.74, 6) is -5.91. The SMILES string of the molecule is CC(Cc1nc(Cc2cc(S(=O)(=O)O)ccc2S(=O)(=O)O)nc(Nc2ccc(/C=C/c3ccc(Cc4nc(NCCC(=O)O)nc(Nc5cc(S(=O)(=O)O)ccc5S(=O)(=O)O)n4)cc3S(=O)(=O)O)c(S(=O)(=O)O)c2)n1)C(=O)O. The van der Waals surface area contributed by atoms with E-state index in [4.69, 9.17) is 5.11 Å². The van der Waals surface area contributed by atoms with Gasteiger partial charge < -0.3 is 26.2 Å². The maximum absolute atomic E-state index is 12.8. The standard InChI is InChI=1S/C41H39N9O22S6/c1-21(38(53)54)14-34-45-36(18-25-17-27(73(55,56)57)8-10-30(25)75(61,62)63)49-40(47-34)43-26-7-6-24(33(19-26)78(70,71)72)5-4-23-3-2-22(15-32(23)77(67,68)69)16-35-46-39(42-13-12-37(51)52)50-41(48-35)44-29-20-28(74(58,59)60)9-11-31(29)76(64,65)66/h2-11,15,17,19-21H,12-14,16,18H2,1H3,(H,51,52)(H,53,54)(H,55,56,57)(H,58,59,60)(H,61,62,63)(H,64,65,66)(H,67,68,69)(H,70,71,72)(H,43,45,47,49)(H2,42,44,46,48,50)/b5-4+. The van der Waals surface area contributed by atoms with Gasteiger partial charge in [-0.05, 0) is 76.9 Å². The van der Waals surface area contributed by atoms with Gasteiger partial charge in [-0.25, -0.2) is 4.98 Å². The largest absolute Gasteiger partial charge is 0.481 e. The van der Waals surface area contributed by atoms with Crippen LogP contribution < -0.4 is 16.0 Å². The molecule has 0 fully saturated rings. The van der Waals surface area contributed by atoms with E-state index < -0.39 is 150 Å². The van der Waals surface area contributed by atoms with Crippen LogP contribution in [0.1, 0.15) is 53.1 Å². The minimum Gasteiger partial charge on any atom is -0.481 e. The lowest BCUT2D eigenvalue weighted by Crippen LogP contribution is -2.17. The van der Waals surface area contributed by atoms with Crippen LogP contribution in [0.25, 0.3) is 12.2 Å². The van der Waals surface area contributed by atoms with Gasteiger partial charge in [0.15, 0.2) is 0 Å². The Morgan fingerprint density at radius 2 is 1.01 bits per heavy atom. The van der Waals surface area contributed by atoms with Crippen LogP contribution in [0.5, 0.6) is 0 Å². The highest BCUT2D eigenvalue weighted by Gasteiger charge is 2.25. The van der Waals surface area contributed by atoms with Crippen molar-refractivity contribution in [2.45, 2.75) is 62.0 Å². The van der Waals surface area contributed by atoms with Crippen molar-refractivity contribution in [3.63, 3.8) is 0 Å². The van der Waals surface area contributed by atoms with E-state index >= 15 is 0 Å². The van der Waals surface area contributed by atoms with Crippen molar-refractivity contribution in [2.75, 3.05) is 22.5 Å². The minimum absolute atomic E-state index is 0.0296. The number of nitrogens with zero attached hydrogens (tertiary/aromatic N) is 6. The van der Waals surface area contributed by atoms with Gasteiger partial charge in [0.2, 0.25) is 17.8 Å². The fraction of sp³-hybridized carbons (Fsp3) is 0.171. The van der Waals surface area contributed by atoms with Crippen LogP contribution in [-0.2, 0) is 89.6 Å². The Hall–Kier alpha value is -7.56. The molecule has 1 unspecified atom stereocenters. The Bertz CT molecular complexity index is 4150. The highest BCUT2D eigenvalue weighted by Crippen LogP contribution is 2.30. The monoisotopic (exact) mass is 1200 g/mol. The summed E-state index contributed by atoms with van der Waals surface area (Å²) in [5, 5.41) is 26.3. The topological polar surface area (TPSA) is 514 Å². The quantitative estimate of drug-likeness (QED) is 0.0324. The zero-order valence-electron chi connectivity index (χ0n) is 39.1. The molecule has 4 aromatic carbocycles. The van der Waals surface area contributed by atoms with Crippen LogP contribution in [0.2, 0.25) is 0 Å². The average Bonchev–Trinajstić information content (AvgIpc) is 3.37. The summed E-state index contributed by atoms with van der Waals surface area (Å²) in [6.07, 6.45) is 0.0661. The van der Waals surface area contributed by atoms with Crippen molar-refractivity contribution < 1.29 is 97.6 Å². The van der Waals surface area contributed by atoms with Gasteiger partial charge in [-0.15, -0.1) is 0 Å². The summed E-state index contributed by atoms with van der Waals surface area (Å²) < 4.78 is 207. The lowest BCUT2D eigenvalue weighted by molar-refractivity contribution is -0.141. The Balaban J connectivity index is 1.35. The normalized spacial score (nSPS) is 13.0. The van der Waals surface area contributed by atoms with Crippen molar-refractivity contribution in [3.8, 4) is 0 Å². The molecule has 0 aliphatic rings. The molecule has 0 saturated carbocycles. The van der Waals surface area contributed by atoms with Crippen LogP contribution in [-0.4, -0.2) is 136 Å². The van der Waals surface area contributed by atoms with Gasteiger partial charge in [0.1, 0.15) is 32.2 Å². The lowest BCUT2D eigenvalue weighted by atomic mass is 10.1. The fourth-order valence-electron chi connectivity index (χ4n) is 6.87. The van der Waals surface area contributed by atoms with E-state index in [1.165, 1.54) is 19.1 Å². The summed E-state index contributed by atoms with van der Waals surface area (Å²) >= 11 is 0. The molecule has 0 aliphatic carbocycles. The molecule has 1 atom stereocenters. The second kappa shape index (κ2) is 22.8. The molecule has 416 valence electrons. The van der Waals surface area contributed by atoms with Crippen molar-refractivity contribution in [2.24, 2.45) is 5.92 Å². The molecule has 78 heavy (non-hydrogen) atoms. The molecule has 0 spiro atoms. The first-order valence-electron chi connectivity index (χ1n) is 21.2. The zero-order valence-corrected chi connectivity index (χ0v) is 44.0.